The Kier molecular flexibility index (Phi) is 7.13. The Bertz CT molecular complexity index is 1510. The molecule has 196 valence electrons. The van der Waals surface area contributed by atoms with Crippen LogP contribution in [0, 0.1) is 11.7 Å². The number of fused-ring (bicyclic) bond motifs is 3. The van der Waals surface area contributed by atoms with E-state index in [9.17, 15) is 4.39 Å². The predicted molar refractivity (Wildman–Crippen MR) is 155 cm³/mol. The topological polar surface area (TPSA) is 42.8 Å². The summed E-state index contributed by atoms with van der Waals surface area (Å²) in [6.07, 6.45) is 7.60. The van der Waals surface area contributed by atoms with E-state index in [1.807, 2.05) is 37.4 Å². The maximum Gasteiger partial charge on any atom is 0.161 e. The van der Waals surface area contributed by atoms with Crippen LogP contribution < -0.4 is 14.8 Å². The summed E-state index contributed by atoms with van der Waals surface area (Å²) in [4.78, 5) is 4.70. The molecule has 2 aliphatic rings. The summed E-state index contributed by atoms with van der Waals surface area (Å²) in [5.74, 6) is 1.96. The quantitative estimate of drug-likeness (QED) is 0.188. The maximum absolute atomic E-state index is 13.5. The average molecular weight is 519 g/mol. The van der Waals surface area contributed by atoms with Crippen molar-refractivity contribution in [1.29, 1.82) is 0 Å². The number of para-hydroxylation sites is 1. The lowest BCUT2D eigenvalue weighted by atomic mass is 9.77. The summed E-state index contributed by atoms with van der Waals surface area (Å²) >= 11 is 0. The van der Waals surface area contributed by atoms with Gasteiger partial charge in [0.25, 0.3) is 0 Å². The van der Waals surface area contributed by atoms with Gasteiger partial charge in [-0.3, -0.25) is 4.99 Å². The Morgan fingerprint density at radius 1 is 0.923 bits per heavy atom. The molecule has 0 unspecified atom stereocenters. The number of halogens is 1. The van der Waals surface area contributed by atoms with Crippen molar-refractivity contribution in [2.45, 2.75) is 31.9 Å². The molecule has 1 heterocycles. The predicted octanol–water partition coefficient (Wildman–Crippen LogP) is 8.38. The SMILES string of the molecule is CCOc1cc(C=Nc2ccc([C@@H]3Nc4ccccc4[C@@H]4C=CC[C@@H]43)cc2)ccc1OCc1cccc(F)c1. The molecule has 0 saturated carbocycles. The zero-order chi connectivity index (χ0) is 26.6. The van der Waals surface area contributed by atoms with Crippen LogP contribution in [0.15, 0.2) is 108 Å². The molecule has 0 amide bonds. The van der Waals surface area contributed by atoms with Gasteiger partial charge in [-0.1, -0.05) is 54.6 Å². The van der Waals surface area contributed by atoms with Gasteiger partial charge in [-0.2, -0.15) is 0 Å². The van der Waals surface area contributed by atoms with Crippen molar-refractivity contribution in [1.82, 2.24) is 0 Å². The molecule has 0 radical (unpaired) electrons. The van der Waals surface area contributed by atoms with Crippen molar-refractivity contribution in [2.75, 3.05) is 11.9 Å². The Morgan fingerprint density at radius 3 is 2.64 bits per heavy atom. The number of ether oxygens (including phenoxy) is 2. The number of aliphatic imine (C=N–C) groups is 1. The first-order chi connectivity index (χ1) is 19.2. The standard InChI is InChI=1S/C34H31FN2O2/c1-2-38-33-20-23(13-18-32(33)39-22-24-7-5-8-26(35)19-24)21-36-27-16-14-25(15-17-27)34-30-11-6-10-28(30)29-9-3-4-12-31(29)37-34/h3-10,12-21,28,30,34,37H,2,11,22H2,1H3/t28-,30-,34-/m0/s1. The molecule has 0 bridgehead atoms. The highest BCUT2D eigenvalue weighted by Gasteiger charge is 2.37. The lowest BCUT2D eigenvalue weighted by Crippen LogP contribution is -2.28. The van der Waals surface area contributed by atoms with Crippen LogP contribution in [0.4, 0.5) is 15.8 Å². The molecule has 0 fully saturated rings. The molecular weight excluding hydrogens is 487 g/mol. The largest absolute Gasteiger partial charge is 0.490 e. The van der Waals surface area contributed by atoms with Gasteiger partial charge in [0.1, 0.15) is 12.4 Å². The lowest BCUT2D eigenvalue weighted by molar-refractivity contribution is 0.269. The van der Waals surface area contributed by atoms with E-state index in [4.69, 9.17) is 14.5 Å². The smallest absolute Gasteiger partial charge is 0.161 e. The molecule has 3 atom stereocenters. The van der Waals surface area contributed by atoms with Crippen LogP contribution in [0.5, 0.6) is 11.5 Å². The molecule has 1 aliphatic carbocycles. The fourth-order valence-electron chi connectivity index (χ4n) is 5.57. The summed E-state index contributed by atoms with van der Waals surface area (Å²) < 4.78 is 25.2. The van der Waals surface area contributed by atoms with Crippen LogP contribution in [-0.2, 0) is 6.61 Å². The minimum absolute atomic E-state index is 0.261. The van der Waals surface area contributed by atoms with Crippen LogP contribution in [-0.4, -0.2) is 12.8 Å². The van der Waals surface area contributed by atoms with E-state index >= 15 is 0 Å². The zero-order valence-electron chi connectivity index (χ0n) is 21.9. The van der Waals surface area contributed by atoms with E-state index in [0.717, 1.165) is 23.2 Å². The average Bonchev–Trinajstić information content (AvgIpc) is 3.46. The second-order valence-corrected chi connectivity index (χ2v) is 9.97. The van der Waals surface area contributed by atoms with Gasteiger partial charge in [-0.05, 0) is 90.0 Å². The molecular formula is C34H31FN2O2. The summed E-state index contributed by atoms with van der Waals surface area (Å²) in [6.45, 7) is 2.70. The third-order valence-corrected chi connectivity index (χ3v) is 7.44. The highest BCUT2D eigenvalue weighted by atomic mass is 19.1. The third-order valence-electron chi connectivity index (χ3n) is 7.44. The van der Waals surface area contributed by atoms with Crippen LogP contribution in [0.1, 0.15) is 47.6 Å². The monoisotopic (exact) mass is 518 g/mol. The van der Waals surface area contributed by atoms with E-state index < -0.39 is 0 Å². The Balaban J connectivity index is 1.15. The molecule has 6 rings (SSSR count). The van der Waals surface area contributed by atoms with Crippen molar-refractivity contribution in [2.24, 2.45) is 10.9 Å². The molecule has 4 aromatic rings. The van der Waals surface area contributed by atoms with Crippen LogP contribution >= 0.6 is 0 Å². The molecule has 4 nitrogen and oxygen atoms in total. The molecule has 0 saturated heterocycles. The van der Waals surface area contributed by atoms with Crippen LogP contribution in [0.2, 0.25) is 0 Å². The first kappa shape index (κ1) is 24.9. The molecule has 4 aromatic carbocycles. The highest BCUT2D eigenvalue weighted by Crippen LogP contribution is 2.49. The van der Waals surface area contributed by atoms with E-state index in [2.05, 4.69) is 66.0 Å². The van der Waals surface area contributed by atoms with Gasteiger partial charge in [-0.15, -0.1) is 0 Å². The van der Waals surface area contributed by atoms with Gasteiger partial charge >= 0.3 is 0 Å². The normalized spacial score (nSPS) is 19.4. The minimum atomic E-state index is -0.277. The van der Waals surface area contributed by atoms with Crippen molar-refractivity contribution in [3.05, 3.63) is 131 Å². The van der Waals surface area contributed by atoms with E-state index in [1.54, 1.807) is 6.07 Å². The van der Waals surface area contributed by atoms with Crippen LogP contribution in [0.25, 0.3) is 0 Å². The van der Waals surface area contributed by atoms with Gasteiger partial charge in [0.05, 0.1) is 18.3 Å². The summed E-state index contributed by atoms with van der Waals surface area (Å²) in [5.41, 5.74) is 6.46. The number of hydrogen-bond donors (Lipinski definition) is 1. The number of anilines is 1. The summed E-state index contributed by atoms with van der Waals surface area (Å²) in [6, 6.07) is 29.6. The van der Waals surface area contributed by atoms with E-state index in [1.165, 1.54) is 28.9 Å². The summed E-state index contributed by atoms with van der Waals surface area (Å²) in [5, 5.41) is 3.79. The molecule has 1 aliphatic heterocycles. The molecule has 5 heteroatoms. The van der Waals surface area contributed by atoms with Gasteiger partial charge in [0, 0.05) is 17.8 Å². The number of nitrogens with zero attached hydrogens (tertiary/aromatic N) is 1. The van der Waals surface area contributed by atoms with Gasteiger partial charge in [0.2, 0.25) is 0 Å². The van der Waals surface area contributed by atoms with Crippen LogP contribution in [0.3, 0.4) is 0 Å². The zero-order valence-corrected chi connectivity index (χ0v) is 21.9. The lowest BCUT2D eigenvalue weighted by Gasteiger charge is -2.37. The number of hydrogen-bond acceptors (Lipinski definition) is 4. The van der Waals surface area contributed by atoms with Crippen molar-refractivity contribution < 1.29 is 13.9 Å². The van der Waals surface area contributed by atoms with Crippen molar-refractivity contribution in [3.63, 3.8) is 0 Å². The maximum atomic E-state index is 13.5. The number of nitrogens with one attached hydrogen (secondary N) is 1. The van der Waals surface area contributed by atoms with Gasteiger partial charge < -0.3 is 14.8 Å². The number of rotatable bonds is 8. The Hall–Kier alpha value is -4.38. The fraction of sp³-hybridized carbons (Fsp3) is 0.206. The van der Waals surface area contributed by atoms with E-state index in [0.29, 0.717) is 29.9 Å². The second kappa shape index (κ2) is 11.2. The van der Waals surface area contributed by atoms with E-state index in [-0.39, 0.29) is 18.5 Å². The second-order valence-electron chi connectivity index (χ2n) is 9.97. The van der Waals surface area contributed by atoms with Gasteiger partial charge in [0.15, 0.2) is 11.5 Å². The van der Waals surface area contributed by atoms with Crippen molar-refractivity contribution >= 4 is 17.6 Å². The molecule has 1 N–H and O–H groups in total. The highest BCUT2D eigenvalue weighted by molar-refractivity contribution is 5.83. The third kappa shape index (κ3) is 5.44. The summed E-state index contributed by atoms with van der Waals surface area (Å²) in [7, 11) is 0. The molecule has 0 aromatic heterocycles. The first-order valence-electron chi connectivity index (χ1n) is 13.5. The first-order valence-corrected chi connectivity index (χ1v) is 13.5. The van der Waals surface area contributed by atoms with Crippen molar-refractivity contribution in [3.8, 4) is 11.5 Å². The number of benzene rings is 4. The number of allylic oxidation sites excluding steroid dienone is 2. The van der Waals surface area contributed by atoms with Gasteiger partial charge in [-0.25, -0.2) is 4.39 Å². The minimum Gasteiger partial charge on any atom is -0.490 e. The molecule has 0 spiro atoms. The fourth-order valence-corrected chi connectivity index (χ4v) is 5.57. The molecule has 39 heavy (non-hydrogen) atoms. The Morgan fingerprint density at radius 2 is 1.79 bits per heavy atom. The Labute approximate surface area is 228 Å².